The molecule has 0 heterocycles. The largest absolute Gasteiger partial charge is 0.310 e. The topological polar surface area (TPSA) is 15.6 Å². The summed E-state index contributed by atoms with van der Waals surface area (Å²) in [5.74, 6) is 1.15. The zero-order valence-corrected chi connectivity index (χ0v) is 8.98. The highest BCUT2D eigenvalue weighted by Crippen LogP contribution is 2.01. The highest BCUT2D eigenvalue weighted by molar-refractivity contribution is 5.94. The Hall–Kier alpha value is -1.57. The van der Waals surface area contributed by atoms with E-state index in [4.69, 9.17) is 0 Å². The van der Waals surface area contributed by atoms with Crippen LogP contribution in [0.3, 0.4) is 0 Å². The molecule has 0 aromatic heterocycles. The first-order valence-corrected chi connectivity index (χ1v) is 4.50. The lowest BCUT2D eigenvalue weighted by Crippen LogP contribution is -2.16. The Morgan fingerprint density at radius 3 is 2.21 bits per heavy atom. The smallest absolute Gasteiger partial charge is 0.130 e. The number of amidine groups is 1. The molecule has 1 atom stereocenters. The minimum atomic E-state index is 0.336. The van der Waals surface area contributed by atoms with Crippen LogP contribution < -0.4 is 0 Å². The monoisotopic (exact) mass is 190 g/mol. The van der Waals surface area contributed by atoms with Gasteiger partial charge < -0.3 is 4.90 Å². The summed E-state index contributed by atoms with van der Waals surface area (Å²) in [6.45, 7) is 13.1. The molecule has 0 aromatic carbocycles. The van der Waals surface area contributed by atoms with Gasteiger partial charge in [-0.2, -0.15) is 0 Å². The third-order valence-electron chi connectivity index (χ3n) is 1.81. The lowest BCUT2D eigenvalue weighted by Gasteiger charge is -2.13. The van der Waals surface area contributed by atoms with E-state index in [0.29, 0.717) is 5.92 Å². The van der Waals surface area contributed by atoms with E-state index >= 15 is 0 Å². The molecule has 1 unspecified atom stereocenters. The van der Waals surface area contributed by atoms with Crippen molar-refractivity contribution in [3.8, 4) is 0 Å². The van der Waals surface area contributed by atoms with Crippen LogP contribution in [-0.4, -0.2) is 17.8 Å². The molecule has 0 N–H and O–H groups in total. The Morgan fingerprint density at radius 1 is 1.29 bits per heavy atom. The van der Waals surface area contributed by atoms with Crippen LogP contribution in [0.25, 0.3) is 0 Å². The van der Waals surface area contributed by atoms with Crippen molar-refractivity contribution >= 4 is 5.84 Å². The second-order valence-electron chi connectivity index (χ2n) is 2.81. The fourth-order valence-electron chi connectivity index (χ4n) is 0.854. The molecule has 0 fully saturated rings. The van der Waals surface area contributed by atoms with Gasteiger partial charge in [-0.25, -0.2) is 0 Å². The van der Waals surface area contributed by atoms with Gasteiger partial charge in [-0.1, -0.05) is 32.2 Å². The van der Waals surface area contributed by atoms with Crippen LogP contribution in [0.5, 0.6) is 0 Å². The third-order valence-corrected chi connectivity index (χ3v) is 1.81. The lowest BCUT2D eigenvalue weighted by molar-refractivity contribution is 0.765. The van der Waals surface area contributed by atoms with Gasteiger partial charge in [0, 0.05) is 19.4 Å². The molecule has 0 radical (unpaired) electrons. The highest BCUT2D eigenvalue weighted by atomic mass is 15.1. The van der Waals surface area contributed by atoms with Crippen molar-refractivity contribution < 1.29 is 0 Å². The van der Waals surface area contributed by atoms with Crippen molar-refractivity contribution in [2.24, 2.45) is 10.9 Å². The van der Waals surface area contributed by atoms with Crippen molar-refractivity contribution in [3.05, 3.63) is 50.4 Å². The summed E-state index contributed by atoms with van der Waals surface area (Å²) < 4.78 is 0. The summed E-state index contributed by atoms with van der Waals surface area (Å²) >= 11 is 0. The predicted octanol–water partition coefficient (Wildman–Crippen LogP) is 2.98. The quantitative estimate of drug-likeness (QED) is 0.369. The highest BCUT2D eigenvalue weighted by Gasteiger charge is 1.98. The second kappa shape index (κ2) is 6.89. The van der Waals surface area contributed by atoms with E-state index in [1.807, 2.05) is 18.2 Å². The predicted molar refractivity (Wildman–Crippen MR) is 64.1 cm³/mol. The van der Waals surface area contributed by atoms with Crippen molar-refractivity contribution in [2.75, 3.05) is 7.05 Å². The molecular formula is C12H18N2. The maximum Gasteiger partial charge on any atom is 0.130 e. The van der Waals surface area contributed by atoms with Gasteiger partial charge in [0.1, 0.15) is 5.84 Å². The van der Waals surface area contributed by atoms with E-state index in [9.17, 15) is 0 Å². The van der Waals surface area contributed by atoms with Crippen LogP contribution in [0.1, 0.15) is 6.92 Å². The van der Waals surface area contributed by atoms with Gasteiger partial charge in [-0.15, -0.1) is 6.58 Å². The Bertz CT molecular complexity index is 253. The Kier molecular flexibility index (Phi) is 6.12. The molecule has 0 aliphatic carbocycles. The molecule has 0 saturated carbocycles. The van der Waals surface area contributed by atoms with E-state index < -0.39 is 0 Å². The van der Waals surface area contributed by atoms with Gasteiger partial charge in [0.2, 0.25) is 0 Å². The van der Waals surface area contributed by atoms with Crippen LogP contribution in [0.4, 0.5) is 0 Å². The molecule has 2 nitrogen and oxygen atoms in total. The minimum absolute atomic E-state index is 0.336. The summed E-state index contributed by atoms with van der Waals surface area (Å²) in [5, 5.41) is 0. The van der Waals surface area contributed by atoms with E-state index in [-0.39, 0.29) is 0 Å². The van der Waals surface area contributed by atoms with Crippen molar-refractivity contribution in [3.63, 3.8) is 0 Å². The maximum absolute atomic E-state index is 4.12. The average Bonchev–Trinajstić information content (AvgIpc) is 2.23. The first kappa shape index (κ1) is 12.4. The Morgan fingerprint density at radius 2 is 1.86 bits per heavy atom. The van der Waals surface area contributed by atoms with Crippen LogP contribution in [0, 0.1) is 5.92 Å². The van der Waals surface area contributed by atoms with Crippen molar-refractivity contribution in [1.29, 1.82) is 0 Å². The summed E-state index contributed by atoms with van der Waals surface area (Å²) in [4.78, 5) is 5.87. The van der Waals surface area contributed by atoms with Crippen LogP contribution in [-0.2, 0) is 0 Å². The summed E-state index contributed by atoms with van der Waals surface area (Å²) in [7, 11) is 1.73. The minimum Gasteiger partial charge on any atom is -0.310 e. The number of aliphatic imine (C=N–C) groups is 1. The van der Waals surface area contributed by atoms with Gasteiger partial charge >= 0.3 is 0 Å². The average molecular weight is 190 g/mol. The lowest BCUT2D eigenvalue weighted by atomic mass is 10.1. The summed E-state index contributed by atoms with van der Waals surface area (Å²) in [5.41, 5.74) is 0. The van der Waals surface area contributed by atoms with E-state index in [1.165, 1.54) is 0 Å². The van der Waals surface area contributed by atoms with Gasteiger partial charge in [-0.3, -0.25) is 4.99 Å². The Labute approximate surface area is 86.7 Å². The van der Waals surface area contributed by atoms with Gasteiger partial charge in [0.15, 0.2) is 0 Å². The maximum atomic E-state index is 4.12. The molecule has 0 aromatic rings. The molecule has 0 rings (SSSR count). The molecule has 0 spiro atoms. The SMILES string of the molecule is C=CC(C)/C=C\C(=NC)N(C=C)C=C. The van der Waals surface area contributed by atoms with Gasteiger partial charge in [0.25, 0.3) is 0 Å². The molecule has 0 bridgehead atoms. The van der Waals surface area contributed by atoms with Gasteiger partial charge in [0.05, 0.1) is 0 Å². The molecule has 0 amide bonds. The zero-order valence-electron chi connectivity index (χ0n) is 8.98. The zero-order chi connectivity index (χ0) is 11.0. The van der Waals surface area contributed by atoms with Crippen LogP contribution >= 0.6 is 0 Å². The number of rotatable bonds is 5. The number of hydrogen-bond acceptors (Lipinski definition) is 1. The molecule has 2 heteroatoms. The number of hydrogen-bond donors (Lipinski definition) is 0. The first-order chi connectivity index (χ1) is 6.69. The molecule has 0 aliphatic heterocycles. The molecular weight excluding hydrogens is 172 g/mol. The summed E-state index contributed by atoms with van der Waals surface area (Å²) in [6.07, 6.45) is 9.15. The standard InChI is InChI=1S/C12H18N2/c1-6-11(4)9-10-12(13-5)14(7-2)8-3/h6-11H,1-3H2,4-5H3/b10-9-,13-12?. The second-order valence-corrected chi connectivity index (χ2v) is 2.81. The van der Waals surface area contributed by atoms with Crippen LogP contribution in [0.2, 0.25) is 0 Å². The van der Waals surface area contributed by atoms with Crippen molar-refractivity contribution in [2.45, 2.75) is 6.92 Å². The molecule has 14 heavy (non-hydrogen) atoms. The first-order valence-electron chi connectivity index (χ1n) is 4.50. The fourth-order valence-corrected chi connectivity index (χ4v) is 0.854. The number of allylic oxidation sites excluding steroid dienone is 2. The van der Waals surface area contributed by atoms with Crippen molar-refractivity contribution in [1.82, 2.24) is 4.90 Å². The van der Waals surface area contributed by atoms with Gasteiger partial charge in [-0.05, 0) is 12.0 Å². The fraction of sp³-hybridized carbons (Fsp3) is 0.250. The Balaban J connectivity index is 4.59. The number of nitrogens with zero attached hydrogens (tertiary/aromatic N) is 2. The van der Waals surface area contributed by atoms with E-state index in [1.54, 1.807) is 24.3 Å². The normalized spacial score (nSPS) is 13.7. The van der Waals surface area contributed by atoms with E-state index in [0.717, 1.165) is 5.84 Å². The molecule has 0 saturated heterocycles. The van der Waals surface area contributed by atoms with E-state index in [2.05, 4.69) is 31.7 Å². The molecule has 76 valence electrons. The molecule has 0 aliphatic rings. The van der Waals surface area contributed by atoms with Crippen LogP contribution in [0.15, 0.2) is 55.4 Å². The summed E-state index contributed by atoms with van der Waals surface area (Å²) in [6, 6.07) is 0. The third kappa shape index (κ3) is 3.90.